The van der Waals surface area contributed by atoms with E-state index in [-0.39, 0.29) is 0 Å². The van der Waals surface area contributed by atoms with Gasteiger partial charge in [-0.2, -0.15) is 13.2 Å². The molecule has 0 spiro atoms. The van der Waals surface area contributed by atoms with Gasteiger partial charge < -0.3 is 9.67 Å². The average Bonchev–Trinajstić information content (AvgIpc) is 2.34. The fraction of sp³-hybridized carbons (Fsp3) is 0.571. The van der Waals surface area contributed by atoms with Crippen LogP contribution in [0.3, 0.4) is 0 Å². The lowest BCUT2D eigenvalue weighted by molar-refractivity contribution is -0.207. The lowest BCUT2D eigenvalue weighted by Gasteiger charge is -2.15. The van der Waals surface area contributed by atoms with Crippen molar-refractivity contribution in [3.8, 4) is 0 Å². The summed E-state index contributed by atoms with van der Waals surface area (Å²) in [7, 11) is 0. The Balaban J connectivity index is 2.65. The van der Waals surface area contributed by atoms with Crippen LogP contribution in [0.25, 0.3) is 0 Å². The molecule has 0 amide bonds. The first-order valence-electron chi connectivity index (χ1n) is 3.64. The number of rotatable bonds is 2. The summed E-state index contributed by atoms with van der Waals surface area (Å²) in [6.45, 7) is 1.07. The van der Waals surface area contributed by atoms with Crippen LogP contribution in [0.5, 0.6) is 0 Å². The number of nitrogens with zero attached hydrogens (tertiary/aromatic N) is 2. The van der Waals surface area contributed by atoms with E-state index >= 15 is 0 Å². The van der Waals surface area contributed by atoms with Gasteiger partial charge in [0.1, 0.15) is 5.82 Å². The molecule has 1 unspecified atom stereocenters. The van der Waals surface area contributed by atoms with Crippen LogP contribution in [0.1, 0.15) is 5.82 Å². The number of aromatic nitrogens is 2. The summed E-state index contributed by atoms with van der Waals surface area (Å²) in [6, 6.07) is 0. The summed E-state index contributed by atoms with van der Waals surface area (Å²) >= 11 is 0. The first-order valence-corrected chi connectivity index (χ1v) is 3.64. The molecular formula is C7H9F3N2O. The van der Waals surface area contributed by atoms with Gasteiger partial charge in [0.2, 0.25) is 0 Å². The van der Waals surface area contributed by atoms with Crippen LogP contribution in [-0.4, -0.2) is 26.9 Å². The fourth-order valence-corrected chi connectivity index (χ4v) is 0.886. The molecule has 74 valence electrons. The molecule has 0 fully saturated rings. The van der Waals surface area contributed by atoms with Gasteiger partial charge >= 0.3 is 6.18 Å². The van der Waals surface area contributed by atoms with Crippen molar-refractivity contribution in [1.29, 1.82) is 0 Å². The third-order valence-corrected chi connectivity index (χ3v) is 1.67. The van der Waals surface area contributed by atoms with Crippen molar-refractivity contribution >= 4 is 0 Å². The molecule has 1 N–H and O–H groups in total. The lowest BCUT2D eigenvalue weighted by Crippen LogP contribution is -2.32. The minimum Gasteiger partial charge on any atom is -0.382 e. The third kappa shape index (κ3) is 2.45. The fourth-order valence-electron chi connectivity index (χ4n) is 0.886. The van der Waals surface area contributed by atoms with E-state index in [1.165, 1.54) is 17.0 Å². The van der Waals surface area contributed by atoms with Crippen LogP contribution in [0.2, 0.25) is 0 Å². The van der Waals surface area contributed by atoms with Crippen molar-refractivity contribution in [2.24, 2.45) is 0 Å². The van der Waals surface area contributed by atoms with E-state index in [1.54, 1.807) is 6.92 Å². The smallest absolute Gasteiger partial charge is 0.382 e. The zero-order chi connectivity index (χ0) is 10.1. The molecule has 13 heavy (non-hydrogen) atoms. The van der Waals surface area contributed by atoms with E-state index in [0.29, 0.717) is 5.82 Å². The molecule has 0 saturated heterocycles. The molecule has 0 aliphatic rings. The number of aliphatic hydroxyl groups is 1. The molecule has 0 radical (unpaired) electrons. The zero-order valence-electron chi connectivity index (χ0n) is 6.91. The molecule has 6 heteroatoms. The highest BCUT2D eigenvalue weighted by atomic mass is 19.4. The Labute approximate surface area is 72.8 Å². The number of aryl methyl sites for hydroxylation is 1. The maximum absolute atomic E-state index is 11.9. The predicted molar refractivity (Wildman–Crippen MR) is 39.0 cm³/mol. The summed E-state index contributed by atoms with van der Waals surface area (Å²) in [5.74, 6) is 0.448. The van der Waals surface area contributed by atoms with Crippen LogP contribution in [-0.2, 0) is 6.54 Å². The zero-order valence-corrected chi connectivity index (χ0v) is 6.91. The molecule has 1 atom stereocenters. The van der Waals surface area contributed by atoms with Crippen LogP contribution >= 0.6 is 0 Å². The molecule has 1 aromatic heterocycles. The van der Waals surface area contributed by atoms with Gasteiger partial charge in [0.05, 0.1) is 6.54 Å². The van der Waals surface area contributed by atoms with Crippen LogP contribution < -0.4 is 0 Å². The van der Waals surface area contributed by atoms with Crippen molar-refractivity contribution in [3.63, 3.8) is 0 Å². The minimum absolute atomic E-state index is 0.448. The van der Waals surface area contributed by atoms with E-state index < -0.39 is 18.8 Å². The maximum atomic E-state index is 11.9. The van der Waals surface area contributed by atoms with Gasteiger partial charge in [-0.05, 0) is 6.92 Å². The highest BCUT2D eigenvalue weighted by Gasteiger charge is 2.38. The number of imidazole rings is 1. The summed E-state index contributed by atoms with van der Waals surface area (Å²) in [4.78, 5) is 3.74. The van der Waals surface area contributed by atoms with Gasteiger partial charge in [0.15, 0.2) is 6.10 Å². The van der Waals surface area contributed by atoms with E-state index in [1.807, 2.05) is 0 Å². The highest BCUT2D eigenvalue weighted by molar-refractivity contribution is 4.89. The average molecular weight is 194 g/mol. The van der Waals surface area contributed by atoms with Gasteiger partial charge in [0.25, 0.3) is 0 Å². The SMILES string of the molecule is Cc1nccn1CC(O)C(F)(F)F. The molecule has 3 nitrogen and oxygen atoms in total. The Morgan fingerprint density at radius 1 is 1.62 bits per heavy atom. The Bertz CT molecular complexity index is 282. The monoisotopic (exact) mass is 194 g/mol. The molecule has 0 aliphatic carbocycles. The maximum Gasteiger partial charge on any atom is 0.416 e. The molecule has 0 saturated carbocycles. The second-order valence-electron chi connectivity index (χ2n) is 2.68. The number of alkyl halides is 3. The molecule has 1 aromatic rings. The van der Waals surface area contributed by atoms with Crippen LogP contribution in [0.4, 0.5) is 13.2 Å². The number of hydrogen-bond acceptors (Lipinski definition) is 2. The minimum atomic E-state index is -4.57. The molecule has 0 aliphatic heterocycles. The lowest BCUT2D eigenvalue weighted by atomic mass is 10.3. The van der Waals surface area contributed by atoms with Gasteiger partial charge in [-0.15, -0.1) is 0 Å². The summed E-state index contributed by atoms with van der Waals surface area (Å²) in [5.41, 5.74) is 0. The van der Waals surface area contributed by atoms with Crippen molar-refractivity contribution in [2.75, 3.05) is 0 Å². The standard InChI is InChI=1S/C7H9F3N2O/c1-5-11-2-3-12(5)4-6(13)7(8,9)10/h2-3,6,13H,4H2,1H3. The molecule has 0 bridgehead atoms. The van der Waals surface area contributed by atoms with E-state index in [0.717, 1.165) is 0 Å². The van der Waals surface area contributed by atoms with Crippen molar-refractivity contribution in [1.82, 2.24) is 9.55 Å². The Morgan fingerprint density at radius 3 is 2.62 bits per heavy atom. The number of aliphatic hydroxyl groups excluding tert-OH is 1. The normalized spacial score (nSPS) is 14.5. The molecule has 0 aromatic carbocycles. The second-order valence-corrected chi connectivity index (χ2v) is 2.68. The van der Waals surface area contributed by atoms with Crippen LogP contribution in [0, 0.1) is 6.92 Å². The molecule has 1 heterocycles. The molecular weight excluding hydrogens is 185 g/mol. The summed E-state index contributed by atoms with van der Waals surface area (Å²) < 4.78 is 36.9. The number of hydrogen-bond donors (Lipinski definition) is 1. The Hall–Kier alpha value is -1.04. The first-order chi connectivity index (χ1) is 5.91. The van der Waals surface area contributed by atoms with Gasteiger partial charge in [0, 0.05) is 12.4 Å². The second kappa shape index (κ2) is 3.37. The number of halogens is 3. The van der Waals surface area contributed by atoms with Crippen LogP contribution in [0.15, 0.2) is 12.4 Å². The summed E-state index contributed by atoms with van der Waals surface area (Å²) in [6.07, 6.45) is -4.13. The van der Waals surface area contributed by atoms with E-state index in [2.05, 4.69) is 4.98 Å². The summed E-state index contributed by atoms with van der Waals surface area (Å²) in [5, 5.41) is 8.71. The Kier molecular flexibility index (Phi) is 2.60. The molecule has 1 rings (SSSR count). The quantitative estimate of drug-likeness (QED) is 0.765. The first kappa shape index (κ1) is 10.0. The highest BCUT2D eigenvalue weighted by Crippen LogP contribution is 2.21. The predicted octanol–water partition coefficient (Wildman–Crippen LogP) is 1.11. The van der Waals surface area contributed by atoms with Crippen molar-refractivity contribution < 1.29 is 18.3 Å². The van der Waals surface area contributed by atoms with Crippen molar-refractivity contribution in [2.45, 2.75) is 25.7 Å². The van der Waals surface area contributed by atoms with Gasteiger partial charge in [-0.25, -0.2) is 4.98 Å². The third-order valence-electron chi connectivity index (χ3n) is 1.67. The van der Waals surface area contributed by atoms with E-state index in [9.17, 15) is 13.2 Å². The largest absolute Gasteiger partial charge is 0.416 e. The van der Waals surface area contributed by atoms with E-state index in [4.69, 9.17) is 5.11 Å². The van der Waals surface area contributed by atoms with Gasteiger partial charge in [-0.3, -0.25) is 0 Å². The van der Waals surface area contributed by atoms with Crippen molar-refractivity contribution in [3.05, 3.63) is 18.2 Å². The topological polar surface area (TPSA) is 38.0 Å². The Morgan fingerprint density at radius 2 is 2.23 bits per heavy atom. The van der Waals surface area contributed by atoms with Gasteiger partial charge in [-0.1, -0.05) is 0 Å².